The summed E-state index contributed by atoms with van der Waals surface area (Å²) in [6.45, 7) is -0.546. The lowest BCUT2D eigenvalue weighted by atomic mass is 10.2. The summed E-state index contributed by atoms with van der Waals surface area (Å²) in [7, 11) is 0. The third-order valence-corrected chi connectivity index (χ3v) is 4.01. The predicted molar refractivity (Wildman–Crippen MR) is 95.4 cm³/mol. The normalized spacial score (nSPS) is 11.6. The second-order valence-corrected chi connectivity index (χ2v) is 6.21. The molecule has 1 aromatic carbocycles. The van der Waals surface area contributed by atoms with Gasteiger partial charge in [-0.3, -0.25) is 9.59 Å². The molecule has 8 nitrogen and oxygen atoms in total. The Balaban J connectivity index is 2.00. The first-order valence-corrected chi connectivity index (χ1v) is 8.48. The van der Waals surface area contributed by atoms with Crippen molar-refractivity contribution in [3.63, 3.8) is 0 Å². The van der Waals surface area contributed by atoms with E-state index in [1.54, 1.807) is 0 Å². The number of carbonyl (C=O) groups excluding carboxylic acids is 1. The molecule has 0 aliphatic carbocycles. The van der Waals surface area contributed by atoms with Crippen molar-refractivity contribution >= 4 is 11.6 Å². The summed E-state index contributed by atoms with van der Waals surface area (Å²) in [5.74, 6) is -1.93. The minimum absolute atomic E-state index is 0.0516. The van der Waals surface area contributed by atoms with E-state index in [9.17, 15) is 31.5 Å². The third-order valence-electron chi connectivity index (χ3n) is 4.01. The van der Waals surface area contributed by atoms with Crippen LogP contribution in [0.15, 0.2) is 39.6 Å². The maximum atomic E-state index is 13.0. The summed E-state index contributed by atoms with van der Waals surface area (Å²) in [6.07, 6.45) is -4.62. The monoisotopic (exact) mass is 444 g/mol. The number of aromatic nitrogens is 3. The number of benzene rings is 1. The Morgan fingerprint density at radius 1 is 1.23 bits per heavy atom. The van der Waals surface area contributed by atoms with Crippen LogP contribution in [0.3, 0.4) is 0 Å². The Kier molecular flexibility index (Phi) is 5.77. The van der Waals surface area contributed by atoms with Gasteiger partial charge in [0.1, 0.15) is 5.69 Å². The highest BCUT2D eigenvalue weighted by molar-refractivity contribution is 6.03. The lowest BCUT2D eigenvalue weighted by molar-refractivity contribution is -0.137. The van der Waals surface area contributed by atoms with Crippen molar-refractivity contribution in [1.82, 2.24) is 14.9 Å². The molecule has 0 bridgehead atoms. The van der Waals surface area contributed by atoms with Crippen LogP contribution in [0.2, 0.25) is 0 Å². The fourth-order valence-electron chi connectivity index (χ4n) is 2.61. The number of nitrogens with zero attached hydrogens (tertiary/aromatic N) is 3. The molecule has 0 unspecified atom stereocenters. The van der Waals surface area contributed by atoms with Crippen molar-refractivity contribution in [3.8, 4) is 11.6 Å². The van der Waals surface area contributed by atoms with Gasteiger partial charge in [0.25, 0.3) is 11.8 Å². The minimum atomic E-state index is -4.62. The number of rotatable bonds is 5. The van der Waals surface area contributed by atoms with E-state index in [4.69, 9.17) is 0 Å². The van der Waals surface area contributed by atoms with Gasteiger partial charge in [-0.2, -0.15) is 27.1 Å². The second kappa shape index (κ2) is 8.16. The van der Waals surface area contributed by atoms with Crippen LogP contribution in [0.1, 0.15) is 27.5 Å². The van der Waals surface area contributed by atoms with Crippen LogP contribution < -0.4 is 15.5 Å². The Bertz CT molecular complexity index is 1190. The van der Waals surface area contributed by atoms with E-state index in [1.165, 1.54) is 19.9 Å². The van der Waals surface area contributed by atoms with Crippen LogP contribution in [-0.4, -0.2) is 27.5 Å². The number of anilines is 1. The van der Waals surface area contributed by atoms with E-state index in [1.807, 2.05) is 0 Å². The fraction of sp³-hybridized carbons (Fsp3) is 0.222. The van der Waals surface area contributed by atoms with E-state index < -0.39 is 41.3 Å². The molecule has 0 aliphatic heterocycles. The molecule has 0 spiro atoms. The standard InChI is InChI=1S/C18H13F5N4O4/c1-8-6-12(28)14(15(29)24-13-9(2)31-26-16(13)30-17(19)20)25-27(8)11-5-3-4-10(7-11)18(21,22)23/h3-7,17H,1-2H3,(H,24,29). The summed E-state index contributed by atoms with van der Waals surface area (Å²) in [5, 5.41) is 9.23. The van der Waals surface area contributed by atoms with Gasteiger partial charge in [0, 0.05) is 11.8 Å². The van der Waals surface area contributed by atoms with E-state index in [2.05, 4.69) is 24.8 Å². The predicted octanol–water partition coefficient (Wildman–Crippen LogP) is 3.71. The maximum absolute atomic E-state index is 13.0. The third kappa shape index (κ3) is 4.70. The van der Waals surface area contributed by atoms with Gasteiger partial charge in [-0.25, -0.2) is 4.68 Å². The molecule has 0 aliphatic rings. The van der Waals surface area contributed by atoms with Crippen LogP contribution in [0.25, 0.3) is 5.69 Å². The number of carbonyl (C=O) groups is 1. The number of ether oxygens (including phenoxy) is 1. The number of halogens is 5. The smallest absolute Gasteiger partial charge is 0.412 e. The zero-order valence-corrected chi connectivity index (χ0v) is 15.8. The van der Waals surface area contributed by atoms with E-state index >= 15 is 0 Å². The molecule has 2 heterocycles. The molecular formula is C18H13F5N4O4. The van der Waals surface area contributed by atoms with Crippen molar-refractivity contribution in [2.24, 2.45) is 0 Å². The first-order valence-electron chi connectivity index (χ1n) is 8.48. The van der Waals surface area contributed by atoms with Crippen molar-refractivity contribution in [3.05, 3.63) is 63.3 Å². The van der Waals surface area contributed by atoms with Crippen LogP contribution in [0.4, 0.5) is 27.6 Å². The summed E-state index contributed by atoms with van der Waals surface area (Å²) in [5.41, 5.74) is -2.74. The van der Waals surface area contributed by atoms with Gasteiger partial charge in [-0.15, -0.1) is 0 Å². The summed E-state index contributed by atoms with van der Waals surface area (Å²) in [4.78, 5) is 24.8. The highest BCUT2D eigenvalue weighted by Crippen LogP contribution is 2.31. The van der Waals surface area contributed by atoms with Gasteiger partial charge in [0.15, 0.2) is 11.5 Å². The van der Waals surface area contributed by atoms with Crippen molar-refractivity contribution < 1.29 is 36.0 Å². The van der Waals surface area contributed by atoms with Crippen molar-refractivity contribution in [2.45, 2.75) is 26.6 Å². The van der Waals surface area contributed by atoms with Gasteiger partial charge < -0.3 is 14.6 Å². The molecule has 3 aromatic rings. The zero-order chi connectivity index (χ0) is 22.9. The molecule has 13 heteroatoms. The highest BCUT2D eigenvalue weighted by Gasteiger charge is 2.31. The van der Waals surface area contributed by atoms with Crippen LogP contribution >= 0.6 is 0 Å². The minimum Gasteiger partial charge on any atom is -0.412 e. The molecule has 1 N–H and O–H groups in total. The first-order chi connectivity index (χ1) is 14.5. The molecular weight excluding hydrogens is 431 g/mol. The van der Waals surface area contributed by atoms with Crippen LogP contribution in [0.5, 0.6) is 5.88 Å². The number of amides is 1. The summed E-state index contributed by atoms with van der Waals surface area (Å²) in [6, 6.07) is 5.10. The lowest BCUT2D eigenvalue weighted by Gasteiger charge is -2.13. The number of hydrogen-bond donors (Lipinski definition) is 1. The molecule has 1 amide bonds. The number of hydrogen-bond acceptors (Lipinski definition) is 6. The molecule has 0 atom stereocenters. The van der Waals surface area contributed by atoms with E-state index in [0.717, 1.165) is 28.9 Å². The highest BCUT2D eigenvalue weighted by atomic mass is 19.4. The van der Waals surface area contributed by atoms with Gasteiger partial charge in [0.05, 0.1) is 11.3 Å². The molecule has 0 saturated carbocycles. The summed E-state index contributed by atoms with van der Waals surface area (Å²) < 4.78 is 73.8. The topological polar surface area (TPSA) is 99.2 Å². The quantitative estimate of drug-likeness (QED) is 0.603. The average molecular weight is 444 g/mol. The van der Waals surface area contributed by atoms with E-state index in [-0.39, 0.29) is 22.8 Å². The molecule has 2 aromatic heterocycles. The first kappa shape index (κ1) is 21.9. The molecule has 0 radical (unpaired) electrons. The maximum Gasteiger partial charge on any atom is 0.416 e. The Morgan fingerprint density at radius 3 is 2.58 bits per heavy atom. The largest absolute Gasteiger partial charge is 0.416 e. The van der Waals surface area contributed by atoms with Crippen LogP contribution in [0, 0.1) is 13.8 Å². The fourth-order valence-corrected chi connectivity index (χ4v) is 2.61. The zero-order valence-electron chi connectivity index (χ0n) is 15.8. The van der Waals surface area contributed by atoms with Crippen molar-refractivity contribution in [2.75, 3.05) is 5.32 Å². The second-order valence-electron chi connectivity index (χ2n) is 6.21. The molecule has 0 saturated heterocycles. The number of alkyl halides is 5. The van der Waals surface area contributed by atoms with E-state index in [0.29, 0.717) is 0 Å². The van der Waals surface area contributed by atoms with Gasteiger partial charge in [-0.1, -0.05) is 6.07 Å². The van der Waals surface area contributed by atoms with Crippen LogP contribution in [-0.2, 0) is 6.18 Å². The summed E-state index contributed by atoms with van der Waals surface area (Å²) >= 11 is 0. The van der Waals surface area contributed by atoms with Gasteiger partial charge in [-0.05, 0) is 37.2 Å². The Morgan fingerprint density at radius 2 is 1.94 bits per heavy atom. The average Bonchev–Trinajstić information content (AvgIpc) is 3.00. The number of aryl methyl sites for hydroxylation is 2. The molecule has 31 heavy (non-hydrogen) atoms. The number of nitrogens with one attached hydrogen (secondary N) is 1. The lowest BCUT2D eigenvalue weighted by Crippen LogP contribution is -2.27. The molecule has 3 rings (SSSR count). The van der Waals surface area contributed by atoms with Crippen molar-refractivity contribution in [1.29, 1.82) is 0 Å². The Labute approximate surface area is 170 Å². The SMILES string of the molecule is Cc1onc(OC(F)F)c1NC(=O)c1nn(-c2cccc(C(F)(F)F)c2)c(C)cc1=O. The van der Waals surface area contributed by atoms with Gasteiger partial charge >= 0.3 is 12.8 Å². The Hall–Kier alpha value is -3.77. The van der Waals surface area contributed by atoms with Gasteiger partial charge in [0.2, 0.25) is 5.43 Å². The molecule has 0 fully saturated rings. The molecule has 164 valence electrons.